The molecule has 41 heavy (non-hydrogen) atoms. The molecule has 222 valence electrons. The summed E-state index contributed by atoms with van der Waals surface area (Å²) in [5.74, 6) is -5.91. The fraction of sp³-hybridized carbons (Fsp3) is 0.556. The van der Waals surface area contributed by atoms with Gasteiger partial charge in [0.05, 0.1) is 24.6 Å². The van der Waals surface area contributed by atoms with E-state index in [1.165, 1.54) is 10.9 Å². The Morgan fingerprint density at radius 1 is 1.20 bits per heavy atom. The van der Waals surface area contributed by atoms with E-state index in [0.29, 0.717) is 11.5 Å². The lowest BCUT2D eigenvalue weighted by molar-refractivity contribution is -0.350. The minimum Gasteiger partial charge on any atom is -0.480 e. The van der Waals surface area contributed by atoms with Crippen LogP contribution >= 0.6 is 0 Å². The smallest absolute Gasteiger partial charge is 0.329 e. The lowest BCUT2D eigenvalue weighted by Gasteiger charge is -2.51. The number of benzene rings is 1. The number of aromatic nitrogens is 4. The highest BCUT2D eigenvalue weighted by Gasteiger charge is 2.53. The van der Waals surface area contributed by atoms with Crippen molar-refractivity contribution in [2.45, 2.75) is 82.7 Å². The molecule has 2 saturated heterocycles. The van der Waals surface area contributed by atoms with Gasteiger partial charge in [-0.2, -0.15) is 0 Å². The molecule has 0 amide bonds. The zero-order valence-corrected chi connectivity index (χ0v) is 23.1. The van der Waals surface area contributed by atoms with Crippen molar-refractivity contribution in [3.05, 3.63) is 53.3 Å². The zero-order valence-electron chi connectivity index (χ0n) is 23.1. The first-order valence-electron chi connectivity index (χ1n) is 13.1. The van der Waals surface area contributed by atoms with E-state index in [-0.39, 0.29) is 29.7 Å². The Balaban J connectivity index is 1.54. The molecule has 14 heteroatoms. The zero-order chi connectivity index (χ0) is 29.7. The van der Waals surface area contributed by atoms with Crippen molar-refractivity contribution in [1.29, 1.82) is 0 Å². The Labute approximate surface area is 233 Å². The van der Waals surface area contributed by atoms with Gasteiger partial charge in [0.1, 0.15) is 42.4 Å². The van der Waals surface area contributed by atoms with Gasteiger partial charge in [0.15, 0.2) is 23.2 Å². The molecule has 2 aromatic heterocycles. The molecule has 11 nitrogen and oxygen atoms in total. The maximum Gasteiger partial charge on any atom is 0.329 e. The molecular weight excluding hydrogens is 549 g/mol. The number of aliphatic carboxylic acids is 1. The van der Waals surface area contributed by atoms with E-state index in [2.05, 4.69) is 15.5 Å². The summed E-state index contributed by atoms with van der Waals surface area (Å²) in [5, 5.41) is 21.8. The van der Waals surface area contributed by atoms with Gasteiger partial charge < -0.3 is 28.6 Å². The molecule has 0 aliphatic carbocycles. The van der Waals surface area contributed by atoms with Crippen molar-refractivity contribution in [2.75, 3.05) is 13.2 Å². The monoisotopic (exact) mass is 580 g/mol. The number of carbonyl (C=O) groups is 1. The van der Waals surface area contributed by atoms with Gasteiger partial charge in [-0.05, 0) is 26.0 Å². The number of hydrogen-bond acceptors (Lipinski definition) is 9. The predicted molar refractivity (Wildman–Crippen MR) is 134 cm³/mol. The van der Waals surface area contributed by atoms with E-state index in [1.54, 1.807) is 19.9 Å². The van der Waals surface area contributed by atoms with Crippen LogP contribution in [0.1, 0.15) is 52.1 Å². The molecule has 5 atom stereocenters. The second kappa shape index (κ2) is 10.8. The third kappa shape index (κ3) is 6.15. The van der Waals surface area contributed by atoms with Crippen LogP contribution in [0.5, 0.6) is 0 Å². The quantitative estimate of drug-likeness (QED) is 0.412. The van der Waals surface area contributed by atoms with Gasteiger partial charge in [-0.1, -0.05) is 31.1 Å². The third-order valence-corrected chi connectivity index (χ3v) is 6.97. The first-order chi connectivity index (χ1) is 19.2. The van der Waals surface area contributed by atoms with Crippen LogP contribution in [-0.4, -0.2) is 74.6 Å². The van der Waals surface area contributed by atoms with Crippen LogP contribution in [-0.2, 0) is 35.6 Å². The minimum absolute atomic E-state index is 0.0404. The summed E-state index contributed by atoms with van der Waals surface area (Å²) in [6.07, 6.45) is -1.46. The highest BCUT2D eigenvalue weighted by Crippen LogP contribution is 2.41. The van der Waals surface area contributed by atoms with Gasteiger partial charge in [0.2, 0.25) is 0 Å². The molecule has 2 fully saturated rings. The van der Waals surface area contributed by atoms with Gasteiger partial charge in [0.25, 0.3) is 0 Å². The molecule has 0 bridgehead atoms. The van der Waals surface area contributed by atoms with Gasteiger partial charge in [-0.15, -0.1) is 5.10 Å². The van der Waals surface area contributed by atoms with E-state index < -0.39 is 66.3 Å². The first-order valence-corrected chi connectivity index (χ1v) is 13.1. The number of hydrogen-bond donors (Lipinski definition) is 1. The lowest BCUT2D eigenvalue weighted by Crippen LogP contribution is -2.63. The third-order valence-electron chi connectivity index (χ3n) is 6.97. The standard InChI is InChI=1S/C27H31F3N4O7/c1-26(2,3)20-9-14(32-41-20)8-18-24(37-12-21(35)36)23(25-19(39-18)11-38-27(4,5)40-25)34-10-17(31-33-34)13-6-15(28)22(30)16(29)7-13/h6-7,9-10,18-19,23-25H,8,11-12H2,1-5H3,(H,35,36)/t18-,19-,23-,24+,25+/m1/s1. The number of fused-ring (bicyclic) bond motifs is 1. The van der Waals surface area contributed by atoms with Crippen LogP contribution in [0.25, 0.3) is 11.3 Å². The fourth-order valence-electron chi connectivity index (χ4n) is 4.99. The lowest BCUT2D eigenvalue weighted by atomic mass is 9.88. The van der Waals surface area contributed by atoms with Crippen molar-refractivity contribution in [3.8, 4) is 11.3 Å². The summed E-state index contributed by atoms with van der Waals surface area (Å²) in [7, 11) is 0. The van der Waals surface area contributed by atoms with Crippen molar-refractivity contribution >= 4 is 5.97 Å². The Morgan fingerprint density at radius 3 is 2.54 bits per heavy atom. The predicted octanol–water partition coefficient (Wildman–Crippen LogP) is 3.82. The van der Waals surface area contributed by atoms with Gasteiger partial charge in [-0.25, -0.2) is 22.6 Å². The molecule has 0 radical (unpaired) electrons. The molecule has 0 unspecified atom stereocenters. The molecule has 1 aromatic carbocycles. The van der Waals surface area contributed by atoms with Crippen LogP contribution in [0.15, 0.2) is 28.9 Å². The van der Waals surface area contributed by atoms with Crippen LogP contribution in [0, 0.1) is 17.5 Å². The van der Waals surface area contributed by atoms with Crippen LogP contribution < -0.4 is 0 Å². The summed E-state index contributed by atoms with van der Waals surface area (Å²) in [5.41, 5.74) is 0.285. The average molecular weight is 581 g/mol. The maximum atomic E-state index is 14.0. The Morgan fingerprint density at radius 2 is 1.90 bits per heavy atom. The highest BCUT2D eigenvalue weighted by molar-refractivity contribution is 5.68. The topological polar surface area (TPSA) is 131 Å². The summed E-state index contributed by atoms with van der Waals surface area (Å²) in [4.78, 5) is 11.5. The van der Waals surface area contributed by atoms with E-state index in [0.717, 1.165) is 12.1 Å². The Bertz CT molecular complexity index is 1400. The molecule has 2 aliphatic rings. The molecular formula is C27H31F3N4O7. The van der Waals surface area contributed by atoms with Crippen molar-refractivity contribution in [1.82, 2.24) is 20.2 Å². The van der Waals surface area contributed by atoms with E-state index in [1.807, 2.05) is 20.8 Å². The van der Waals surface area contributed by atoms with Crippen molar-refractivity contribution < 1.29 is 46.5 Å². The molecule has 5 rings (SSSR count). The second-order valence-corrected chi connectivity index (χ2v) is 11.6. The molecule has 0 saturated carbocycles. The van der Waals surface area contributed by atoms with Crippen molar-refractivity contribution in [2.24, 2.45) is 0 Å². The van der Waals surface area contributed by atoms with Crippen molar-refractivity contribution in [3.63, 3.8) is 0 Å². The Hall–Kier alpha value is -3.33. The van der Waals surface area contributed by atoms with Gasteiger partial charge >= 0.3 is 5.97 Å². The maximum absolute atomic E-state index is 14.0. The first kappa shape index (κ1) is 29.2. The summed E-state index contributed by atoms with van der Waals surface area (Å²) >= 11 is 0. The highest BCUT2D eigenvalue weighted by atomic mass is 19.2. The number of rotatable bonds is 7. The van der Waals surface area contributed by atoms with E-state index in [4.69, 9.17) is 23.5 Å². The number of halogens is 3. The summed E-state index contributed by atoms with van der Waals surface area (Å²) in [6, 6.07) is 2.62. The minimum atomic E-state index is -1.60. The van der Waals surface area contributed by atoms with Gasteiger partial charge in [0, 0.05) is 23.5 Å². The number of ether oxygens (including phenoxy) is 4. The molecule has 3 aromatic rings. The van der Waals surface area contributed by atoms with Crippen LogP contribution in [0.3, 0.4) is 0 Å². The molecule has 4 heterocycles. The largest absolute Gasteiger partial charge is 0.480 e. The molecule has 1 N–H and O–H groups in total. The average Bonchev–Trinajstić information content (AvgIpc) is 3.55. The summed E-state index contributed by atoms with van der Waals surface area (Å²) in [6.45, 7) is 8.88. The molecule has 0 spiro atoms. The fourth-order valence-corrected chi connectivity index (χ4v) is 4.99. The SMILES string of the molecule is CC1(C)OC[C@H]2O[C@H](Cc3cc(C(C)(C)C)on3)[C@H](OCC(=O)O)[C@@H](n3cc(-c4cc(F)c(F)c(F)c4)nn3)[C@H]2O1. The number of carboxylic acids is 1. The van der Waals surface area contributed by atoms with Crippen LogP contribution in [0.4, 0.5) is 13.2 Å². The van der Waals surface area contributed by atoms with E-state index in [9.17, 15) is 23.1 Å². The Kier molecular flexibility index (Phi) is 7.70. The normalized spacial score (nSPS) is 26.1. The molecule has 2 aliphatic heterocycles. The van der Waals surface area contributed by atoms with Crippen LogP contribution in [0.2, 0.25) is 0 Å². The van der Waals surface area contributed by atoms with E-state index >= 15 is 0 Å². The van der Waals surface area contributed by atoms with Gasteiger partial charge in [-0.3, -0.25) is 0 Å². The summed E-state index contributed by atoms with van der Waals surface area (Å²) < 4.78 is 72.7. The number of carboxylic acid groups (broad SMARTS) is 1. The second-order valence-electron chi connectivity index (χ2n) is 11.6. The number of nitrogens with zero attached hydrogens (tertiary/aromatic N) is 4.